The number of benzene rings is 2. The standard InChI is InChI=1S/C41H56F2N6O7/c1-26(51)46-33(13-9-10-19-45-5)36(52)17-16-34(40(55)56)47-39(54)32(44)18-20-49(37(53)25-50)38(41(2,3)4)35-21-28(30-22-29(42)14-15-31(30)43)24-48(35)23-27-11-7-6-8-12-27/h6-8,11-12,14-15,21-22,24,32-34,38,45,50H,9-10,13,16-20,23,25,44H2,1-5H3,(H,46,51)(H,47,54)(H,55,56)/t32-,33-,34+,38-/m0/s1. The topological polar surface area (TPSA) is 196 Å². The highest BCUT2D eigenvalue weighted by molar-refractivity contribution is 5.90. The highest BCUT2D eigenvalue weighted by Gasteiger charge is 2.38. The van der Waals surface area contributed by atoms with Crippen LogP contribution in [0.3, 0.4) is 0 Å². The molecule has 3 aromatic rings. The molecule has 56 heavy (non-hydrogen) atoms. The number of carbonyl (C=O) groups excluding carboxylic acids is 4. The number of aliphatic carboxylic acids is 1. The van der Waals surface area contributed by atoms with Gasteiger partial charge in [-0.25, -0.2) is 13.6 Å². The fourth-order valence-electron chi connectivity index (χ4n) is 6.72. The maximum atomic E-state index is 15.1. The van der Waals surface area contributed by atoms with Crippen LogP contribution in [0.4, 0.5) is 8.78 Å². The molecule has 13 nitrogen and oxygen atoms in total. The van der Waals surface area contributed by atoms with Crippen LogP contribution in [0, 0.1) is 17.0 Å². The summed E-state index contributed by atoms with van der Waals surface area (Å²) in [5.41, 5.74) is 7.39. The second kappa shape index (κ2) is 21.3. The molecule has 0 saturated carbocycles. The van der Waals surface area contributed by atoms with Gasteiger partial charge in [0.15, 0.2) is 5.78 Å². The van der Waals surface area contributed by atoms with Gasteiger partial charge in [-0.3, -0.25) is 19.2 Å². The van der Waals surface area contributed by atoms with E-state index in [4.69, 9.17) is 5.73 Å². The van der Waals surface area contributed by atoms with Crippen molar-refractivity contribution in [3.05, 3.63) is 83.7 Å². The number of halogens is 2. The van der Waals surface area contributed by atoms with Crippen molar-refractivity contribution < 1.29 is 43.0 Å². The number of Topliss-reactive ketones (excluding diaryl/α,β-unsaturated/α-hetero) is 1. The Balaban J connectivity index is 1.85. The summed E-state index contributed by atoms with van der Waals surface area (Å²) in [6, 6.07) is 9.91. The smallest absolute Gasteiger partial charge is 0.326 e. The molecular formula is C41H56F2N6O7. The lowest BCUT2D eigenvalue weighted by Crippen LogP contribution is -2.51. The van der Waals surface area contributed by atoms with Crippen LogP contribution in [0.1, 0.15) is 83.5 Å². The zero-order valence-electron chi connectivity index (χ0n) is 32.8. The molecule has 0 radical (unpaired) electrons. The molecular weight excluding hydrogens is 726 g/mol. The van der Waals surface area contributed by atoms with E-state index < -0.39 is 71.5 Å². The summed E-state index contributed by atoms with van der Waals surface area (Å²) in [4.78, 5) is 65.1. The minimum atomic E-state index is -1.46. The Morgan fingerprint density at radius 1 is 0.929 bits per heavy atom. The number of hydrogen-bond acceptors (Lipinski definition) is 8. The molecule has 0 fully saturated rings. The maximum Gasteiger partial charge on any atom is 0.326 e. The number of unbranched alkanes of at least 4 members (excludes halogenated alkanes) is 1. The molecule has 0 aliphatic heterocycles. The van der Waals surface area contributed by atoms with Crippen LogP contribution >= 0.6 is 0 Å². The number of nitrogens with two attached hydrogens (primary N) is 1. The molecule has 0 spiro atoms. The van der Waals surface area contributed by atoms with Gasteiger partial charge in [-0.1, -0.05) is 51.1 Å². The van der Waals surface area contributed by atoms with E-state index in [1.54, 1.807) is 19.3 Å². The molecule has 0 bridgehead atoms. The summed E-state index contributed by atoms with van der Waals surface area (Å²) >= 11 is 0. The molecule has 1 heterocycles. The Morgan fingerprint density at radius 3 is 2.23 bits per heavy atom. The first-order chi connectivity index (χ1) is 26.5. The molecule has 0 saturated heterocycles. The number of nitrogens with one attached hydrogen (secondary N) is 3. The molecule has 1 aromatic heterocycles. The van der Waals surface area contributed by atoms with Crippen molar-refractivity contribution >= 4 is 29.5 Å². The van der Waals surface area contributed by atoms with Gasteiger partial charge in [0.2, 0.25) is 17.7 Å². The van der Waals surface area contributed by atoms with Gasteiger partial charge in [-0.05, 0) is 80.9 Å². The molecule has 4 atom stereocenters. The lowest BCUT2D eigenvalue weighted by molar-refractivity contribution is -0.142. The van der Waals surface area contributed by atoms with Gasteiger partial charge in [0, 0.05) is 49.5 Å². The number of nitrogens with zero attached hydrogens (tertiary/aromatic N) is 2. The van der Waals surface area contributed by atoms with E-state index in [0.29, 0.717) is 30.6 Å². The number of hydrogen-bond donors (Lipinski definition) is 6. The van der Waals surface area contributed by atoms with E-state index in [1.807, 2.05) is 55.7 Å². The first-order valence-corrected chi connectivity index (χ1v) is 18.8. The van der Waals surface area contributed by atoms with Crippen molar-refractivity contribution in [3.63, 3.8) is 0 Å². The van der Waals surface area contributed by atoms with Crippen LogP contribution in [-0.2, 0) is 30.5 Å². The summed E-state index contributed by atoms with van der Waals surface area (Å²) in [6.45, 7) is 6.95. The second-order valence-corrected chi connectivity index (χ2v) is 15.1. The average Bonchev–Trinajstić information content (AvgIpc) is 3.54. The zero-order chi connectivity index (χ0) is 41.6. The van der Waals surface area contributed by atoms with Gasteiger partial charge >= 0.3 is 5.97 Å². The maximum absolute atomic E-state index is 15.1. The number of carboxylic acids is 1. The van der Waals surface area contributed by atoms with Gasteiger partial charge in [0.25, 0.3) is 0 Å². The minimum absolute atomic E-state index is 0.0225. The Labute approximate surface area is 327 Å². The van der Waals surface area contributed by atoms with E-state index in [2.05, 4.69) is 16.0 Å². The molecule has 0 aliphatic rings. The van der Waals surface area contributed by atoms with Crippen molar-refractivity contribution in [3.8, 4) is 11.1 Å². The first kappa shape index (κ1) is 45.4. The normalized spacial score (nSPS) is 13.7. The van der Waals surface area contributed by atoms with E-state index in [-0.39, 0.29) is 37.2 Å². The van der Waals surface area contributed by atoms with Gasteiger partial charge in [0.05, 0.1) is 18.1 Å². The van der Waals surface area contributed by atoms with Gasteiger partial charge in [-0.2, -0.15) is 0 Å². The number of carbonyl (C=O) groups is 5. The lowest BCUT2D eigenvalue weighted by atomic mass is 9.82. The van der Waals surface area contributed by atoms with E-state index >= 15 is 4.39 Å². The van der Waals surface area contributed by atoms with Gasteiger partial charge in [-0.15, -0.1) is 0 Å². The number of aliphatic hydroxyl groups is 1. The number of ketones is 1. The molecule has 7 N–H and O–H groups in total. The summed E-state index contributed by atoms with van der Waals surface area (Å²) in [7, 11) is 1.80. The fraction of sp³-hybridized carbons (Fsp3) is 0.488. The van der Waals surface area contributed by atoms with Crippen LogP contribution < -0.4 is 21.7 Å². The van der Waals surface area contributed by atoms with Crippen LogP contribution in [0.25, 0.3) is 11.1 Å². The first-order valence-electron chi connectivity index (χ1n) is 18.8. The van der Waals surface area contributed by atoms with Crippen molar-refractivity contribution in [1.29, 1.82) is 0 Å². The predicted octanol–water partition coefficient (Wildman–Crippen LogP) is 3.92. The van der Waals surface area contributed by atoms with E-state index in [9.17, 15) is 38.6 Å². The predicted molar refractivity (Wildman–Crippen MR) is 208 cm³/mol. The van der Waals surface area contributed by atoms with Crippen LogP contribution in [0.5, 0.6) is 0 Å². The van der Waals surface area contributed by atoms with Crippen LogP contribution in [-0.4, -0.2) is 94.0 Å². The minimum Gasteiger partial charge on any atom is -0.480 e. The van der Waals surface area contributed by atoms with Crippen LogP contribution in [0.15, 0.2) is 60.8 Å². The number of amides is 3. The number of carboxylic acid groups (broad SMARTS) is 1. The Kier molecular flexibility index (Phi) is 17.3. The van der Waals surface area contributed by atoms with Gasteiger partial charge < -0.3 is 41.4 Å². The Hall–Kier alpha value is -4.99. The van der Waals surface area contributed by atoms with E-state index in [1.165, 1.54) is 11.8 Å². The molecule has 0 unspecified atom stereocenters. The van der Waals surface area contributed by atoms with Crippen molar-refractivity contribution in [1.82, 2.24) is 25.4 Å². The molecule has 15 heteroatoms. The number of aromatic nitrogens is 1. The second-order valence-electron chi connectivity index (χ2n) is 15.1. The van der Waals surface area contributed by atoms with Gasteiger partial charge in [0.1, 0.15) is 24.3 Å². The summed E-state index contributed by atoms with van der Waals surface area (Å²) in [5.74, 6) is -4.89. The largest absolute Gasteiger partial charge is 0.480 e. The molecule has 306 valence electrons. The third-order valence-electron chi connectivity index (χ3n) is 9.48. The van der Waals surface area contributed by atoms with Crippen LogP contribution in [0.2, 0.25) is 0 Å². The summed E-state index contributed by atoms with van der Waals surface area (Å²) in [6.07, 6.45) is 2.89. The Bertz CT molecular complexity index is 1800. The van der Waals surface area contributed by atoms with Crippen molar-refractivity contribution in [2.24, 2.45) is 11.1 Å². The molecule has 3 amide bonds. The average molecular weight is 783 g/mol. The summed E-state index contributed by atoms with van der Waals surface area (Å²) in [5, 5.41) is 28.0. The van der Waals surface area contributed by atoms with E-state index in [0.717, 1.165) is 36.7 Å². The SMILES string of the molecule is CNCCCC[C@H](NC(C)=O)C(=O)CC[C@@H](NC(=O)[C@@H](N)CCN(C(=O)CO)[C@@H](c1cc(-c2cc(F)ccc2F)cn1Cc1ccccc1)C(C)(C)C)C(=O)O. The third kappa shape index (κ3) is 13.3. The number of rotatable bonds is 22. The zero-order valence-corrected chi connectivity index (χ0v) is 32.8. The lowest BCUT2D eigenvalue weighted by Gasteiger charge is -2.41. The monoisotopic (exact) mass is 782 g/mol. The molecule has 2 aromatic carbocycles. The molecule has 0 aliphatic carbocycles. The van der Waals surface area contributed by atoms with Crippen molar-refractivity contribution in [2.45, 2.75) is 96.9 Å². The summed E-state index contributed by atoms with van der Waals surface area (Å²) < 4.78 is 31.2. The fourth-order valence-corrected chi connectivity index (χ4v) is 6.72. The highest BCUT2D eigenvalue weighted by Crippen LogP contribution is 2.41. The van der Waals surface area contributed by atoms with Crippen molar-refractivity contribution in [2.75, 3.05) is 26.7 Å². The quantitative estimate of drug-likeness (QED) is 0.0819. The highest BCUT2D eigenvalue weighted by atomic mass is 19.1. The molecule has 3 rings (SSSR count). The number of aliphatic hydroxyl groups excluding tert-OH is 1. The Morgan fingerprint density at radius 2 is 1.62 bits per heavy atom. The third-order valence-corrected chi connectivity index (χ3v) is 9.48.